The number of aliphatic hydroxyl groups is 2. The Labute approximate surface area is 240 Å². The normalized spacial score (nSPS) is 18.5. The van der Waals surface area contributed by atoms with Crippen LogP contribution >= 0.6 is 39.1 Å². The average Bonchev–Trinajstić information content (AvgIpc) is 2.89. The number of nitrogens with zero attached hydrogens (tertiary/aromatic N) is 1. The molecule has 208 valence electrons. The predicted molar refractivity (Wildman–Crippen MR) is 157 cm³/mol. The number of alkyl halides is 1. The fourth-order valence-electron chi connectivity index (χ4n) is 4.13. The van der Waals surface area contributed by atoms with E-state index < -0.39 is 0 Å². The van der Waals surface area contributed by atoms with Crippen molar-refractivity contribution in [2.75, 3.05) is 51.3 Å². The maximum atomic E-state index is 8.92. The van der Waals surface area contributed by atoms with E-state index in [0.717, 1.165) is 80.0 Å². The van der Waals surface area contributed by atoms with Gasteiger partial charge in [-0.3, -0.25) is 0 Å². The number of piperidine rings is 2. The molecule has 2 aromatic rings. The summed E-state index contributed by atoms with van der Waals surface area (Å²) in [4.78, 5) is 2.27. The maximum absolute atomic E-state index is 8.92. The molecule has 0 aromatic heterocycles. The number of likely N-dealkylation sites (tertiary alicyclic amines) is 1. The minimum absolute atomic E-state index is 0.0287. The molecule has 0 radical (unpaired) electrons. The van der Waals surface area contributed by atoms with Gasteiger partial charge in [-0.15, -0.1) is 0 Å². The second-order valence-electron chi connectivity index (χ2n) is 9.74. The van der Waals surface area contributed by atoms with Crippen molar-refractivity contribution in [1.82, 2.24) is 10.2 Å². The molecule has 0 atom stereocenters. The third-order valence-corrected chi connectivity index (χ3v) is 7.29. The van der Waals surface area contributed by atoms with Crippen LogP contribution in [-0.4, -0.2) is 77.6 Å². The summed E-state index contributed by atoms with van der Waals surface area (Å²) in [6.07, 6.45) is 4.07. The number of nitrogens with one attached hydrogen (secondary N) is 1. The number of hydrogen-bond acceptors (Lipinski definition) is 6. The molecule has 0 amide bonds. The monoisotopic (exact) mass is 618 g/mol. The van der Waals surface area contributed by atoms with E-state index in [0.29, 0.717) is 5.33 Å². The van der Waals surface area contributed by atoms with Gasteiger partial charge in [0.05, 0.1) is 13.2 Å². The predicted octanol–water partition coefficient (Wildman–Crippen LogP) is 5.80. The summed E-state index contributed by atoms with van der Waals surface area (Å²) in [7, 11) is 0. The molecule has 6 nitrogen and oxygen atoms in total. The molecule has 0 spiro atoms. The minimum Gasteiger partial charge on any atom is -0.487 e. The van der Waals surface area contributed by atoms with E-state index in [2.05, 4.69) is 40.0 Å². The van der Waals surface area contributed by atoms with Crippen molar-refractivity contribution in [2.45, 2.75) is 50.7 Å². The summed E-state index contributed by atoms with van der Waals surface area (Å²) in [6.45, 7) is 9.57. The van der Waals surface area contributed by atoms with Gasteiger partial charge < -0.3 is 29.9 Å². The highest BCUT2D eigenvalue weighted by Crippen LogP contribution is 2.29. The SMILES string of the molecule is CC1(Oc2ccc(Cl)cc2)CCN(CCO)CC1.CC1(Oc2ccc(Cl)cc2)CCNCC1.OCCBr. The summed E-state index contributed by atoms with van der Waals surface area (Å²) >= 11 is 14.7. The van der Waals surface area contributed by atoms with E-state index in [1.807, 2.05) is 48.5 Å². The number of halogens is 3. The first-order chi connectivity index (χ1) is 17.7. The number of benzene rings is 2. The first kappa shape index (κ1) is 32.2. The van der Waals surface area contributed by atoms with Crippen LogP contribution in [0.1, 0.15) is 39.5 Å². The van der Waals surface area contributed by atoms with E-state index in [1.54, 1.807) is 0 Å². The Hall–Kier alpha value is -1.06. The van der Waals surface area contributed by atoms with Crippen LogP contribution in [0.25, 0.3) is 0 Å². The van der Waals surface area contributed by atoms with Crippen LogP contribution < -0.4 is 14.8 Å². The van der Waals surface area contributed by atoms with Crippen LogP contribution in [0.4, 0.5) is 0 Å². The molecule has 0 saturated carbocycles. The Morgan fingerprint density at radius 3 is 1.57 bits per heavy atom. The minimum atomic E-state index is -0.111. The van der Waals surface area contributed by atoms with Crippen molar-refractivity contribution >= 4 is 39.1 Å². The lowest BCUT2D eigenvalue weighted by Gasteiger charge is -2.39. The van der Waals surface area contributed by atoms with Crippen molar-refractivity contribution in [3.05, 3.63) is 58.6 Å². The van der Waals surface area contributed by atoms with Crippen LogP contribution in [0.3, 0.4) is 0 Å². The van der Waals surface area contributed by atoms with Gasteiger partial charge in [0.2, 0.25) is 0 Å². The van der Waals surface area contributed by atoms with Gasteiger partial charge in [-0.1, -0.05) is 39.1 Å². The van der Waals surface area contributed by atoms with Gasteiger partial charge >= 0.3 is 0 Å². The zero-order valence-electron chi connectivity index (χ0n) is 21.9. The van der Waals surface area contributed by atoms with Crippen LogP contribution in [0, 0.1) is 0 Å². The molecule has 2 fully saturated rings. The summed E-state index contributed by atoms with van der Waals surface area (Å²) in [5.74, 6) is 1.78. The van der Waals surface area contributed by atoms with Crippen LogP contribution in [0.5, 0.6) is 11.5 Å². The van der Waals surface area contributed by atoms with E-state index in [4.69, 9.17) is 42.9 Å². The van der Waals surface area contributed by atoms with Crippen LogP contribution in [0.15, 0.2) is 48.5 Å². The Morgan fingerprint density at radius 2 is 1.19 bits per heavy atom. The standard InChI is InChI=1S/C14H20ClNO2.C12H16ClNO.C2H5BrO/c1-14(6-8-16(9-7-14)10-11-17)18-13-4-2-12(15)3-5-13;1-12(6-8-14-9-7-12)15-11-4-2-10(13)3-5-11;3-1-2-4/h2-5,17H,6-11H2,1H3;2-5,14H,6-9H2,1H3;4H,1-2H2. The summed E-state index contributed by atoms with van der Waals surface area (Å²) < 4.78 is 12.1. The summed E-state index contributed by atoms with van der Waals surface area (Å²) in [5, 5.41) is 22.2. The highest BCUT2D eigenvalue weighted by Gasteiger charge is 2.31. The first-order valence-electron chi connectivity index (χ1n) is 12.8. The van der Waals surface area contributed by atoms with E-state index in [1.165, 1.54) is 0 Å². The highest BCUT2D eigenvalue weighted by molar-refractivity contribution is 9.09. The van der Waals surface area contributed by atoms with Gasteiger partial charge in [-0.25, -0.2) is 0 Å². The van der Waals surface area contributed by atoms with Crippen molar-refractivity contribution in [3.63, 3.8) is 0 Å². The second kappa shape index (κ2) is 16.8. The first-order valence-corrected chi connectivity index (χ1v) is 14.7. The Bertz CT molecular complexity index is 871. The number of β-amino-alcohol motifs (C(OH)–C–C–N with tert-alkyl or cyclic N) is 1. The molecule has 9 heteroatoms. The molecule has 2 heterocycles. The molecular weight excluding hydrogens is 579 g/mol. The quantitative estimate of drug-likeness (QED) is 0.340. The van der Waals surface area contributed by atoms with E-state index >= 15 is 0 Å². The third-order valence-electron chi connectivity index (χ3n) is 6.43. The molecule has 0 aliphatic carbocycles. The number of hydrogen-bond donors (Lipinski definition) is 3. The average molecular weight is 620 g/mol. The van der Waals surface area contributed by atoms with E-state index in [-0.39, 0.29) is 24.4 Å². The third kappa shape index (κ3) is 12.6. The molecule has 4 rings (SSSR count). The molecule has 3 N–H and O–H groups in total. The number of ether oxygens (including phenoxy) is 2. The highest BCUT2D eigenvalue weighted by atomic mass is 79.9. The van der Waals surface area contributed by atoms with Gasteiger partial charge in [-0.2, -0.15) is 0 Å². The second-order valence-corrected chi connectivity index (χ2v) is 11.4. The van der Waals surface area contributed by atoms with Gasteiger partial charge in [0.1, 0.15) is 22.7 Å². The molecule has 37 heavy (non-hydrogen) atoms. The Balaban J connectivity index is 0.000000230. The van der Waals surface area contributed by atoms with Crippen LogP contribution in [-0.2, 0) is 0 Å². The Kier molecular flexibility index (Phi) is 14.6. The van der Waals surface area contributed by atoms with Crippen molar-refractivity contribution in [2.24, 2.45) is 0 Å². The molecule has 0 unspecified atom stereocenters. The number of aliphatic hydroxyl groups excluding tert-OH is 2. The fourth-order valence-corrected chi connectivity index (χ4v) is 4.38. The van der Waals surface area contributed by atoms with Crippen molar-refractivity contribution in [3.8, 4) is 11.5 Å². The molecule has 0 bridgehead atoms. The lowest BCUT2D eigenvalue weighted by Crippen LogP contribution is -2.46. The molecule has 2 aliphatic heterocycles. The van der Waals surface area contributed by atoms with Crippen LogP contribution in [0.2, 0.25) is 10.0 Å². The van der Waals surface area contributed by atoms with Gasteiger partial charge in [0.15, 0.2) is 0 Å². The fraction of sp³-hybridized carbons (Fsp3) is 0.571. The molecule has 2 aromatic carbocycles. The Morgan fingerprint density at radius 1 is 0.784 bits per heavy atom. The number of rotatable bonds is 7. The largest absolute Gasteiger partial charge is 0.487 e. The lowest BCUT2D eigenvalue weighted by atomic mass is 9.93. The van der Waals surface area contributed by atoms with Gasteiger partial charge in [0.25, 0.3) is 0 Å². The van der Waals surface area contributed by atoms with Crippen molar-refractivity contribution in [1.29, 1.82) is 0 Å². The molecule has 2 aliphatic rings. The zero-order chi connectivity index (χ0) is 27.2. The maximum Gasteiger partial charge on any atom is 0.120 e. The van der Waals surface area contributed by atoms with Crippen molar-refractivity contribution < 1.29 is 19.7 Å². The topological polar surface area (TPSA) is 74.2 Å². The summed E-state index contributed by atoms with van der Waals surface area (Å²) in [6, 6.07) is 15.1. The smallest absolute Gasteiger partial charge is 0.120 e. The lowest BCUT2D eigenvalue weighted by molar-refractivity contribution is 0.0126. The van der Waals surface area contributed by atoms with Gasteiger partial charge in [0, 0.05) is 35.0 Å². The van der Waals surface area contributed by atoms with Gasteiger partial charge in [-0.05, 0) is 101 Å². The molecular formula is C28H41BrCl2N2O4. The molecule has 2 saturated heterocycles. The zero-order valence-corrected chi connectivity index (χ0v) is 25.0. The van der Waals surface area contributed by atoms with E-state index in [9.17, 15) is 0 Å². The summed E-state index contributed by atoms with van der Waals surface area (Å²) in [5.41, 5.74) is -0.140.